The Bertz CT molecular complexity index is 137. The normalized spacial score (nSPS) is 33.0. The molecule has 0 amide bonds. The molecule has 2 aliphatic rings. The van der Waals surface area contributed by atoms with Crippen LogP contribution < -0.4 is 0 Å². The molecule has 2 heterocycles. The van der Waals surface area contributed by atoms with E-state index in [1.54, 1.807) is 0 Å². The van der Waals surface area contributed by atoms with E-state index in [0.717, 1.165) is 0 Å². The summed E-state index contributed by atoms with van der Waals surface area (Å²) in [5.74, 6) is 0. The summed E-state index contributed by atoms with van der Waals surface area (Å²) in [7, 11) is 2.19. The first-order valence-electron chi connectivity index (χ1n) is 3.83. The van der Waals surface area contributed by atoms with E-state index in [2.05, 4.69) is 29.1 Å². The Balaban J connectivity index is 1.95. The van der Waals surface area contributed by atoms with E-state index in [0.29, 0.717) is 5.41 Å². The third-order valence-electron chi connectivity index (χ3n) is 2.63. The highest BCUT2D eigenvalue weighted by atomic mass is 32.1. The van der Waals surface area contributed by atoms with Gasteiger partial charge >= 0.3 is 0 Å². The molecule has 2 rings (SSSR count). The lowest BCUT2D eigenvalue weighted by molar-refractivity contribution is 0.0370. The van der Waals surface area contributed by atoms with Gasteiger partial charge in [0, 0.05) is 31.6 Å². The van der Waals surface area contributed by atoms with Gasteiger partial charge in [0.2, 0.25) is 0 Å². The van der Waals surface area contributed by atoms with Gasteiger partial charge in [0.1, 0.15) is 0 Å². The number of rotatable bonds is 0. The van der Waals surface area contributed by atoms with E-state index in [9.17, 15) is 0 Å². The first-order valence-corrected chi connectivity index (χ1v) is 4.23. The zero-order chi connectivity index (χ0) is 7.19. The zero-order valence-electron chi connectivity index (χ0n) is 6.38. The van der Waals surface area contributed by atoms with E-state index in [1.807, 2.05) is 0 Å². The van der Waals surface area contributed by atoms with Crippen molar-refractivity contribution < 1.29 is 0 Å². The monoisotopic (exact) mass is 158 g/mol. The van der Waals surface area contributed by atoms with Crippen molar-refractivity contribution in [2.24, 2.45) is 5.41 Å². The molecule has 0 bridgehead atoms. The second-order valence-electron chi connectivity index (χ2n) is 3.81. The van der Waals surface area contributed by atoms with E-state index in [1.165, 1.54) is 32.6 Å². The lowest BCUT2D eigenvalue weighted by atomic mass is 9.80. The van der Waals surface area contributed by atoms with Crippen molar-refractivity contribution in [2.75, 3.05) is 33.2 Å². The van der Waals surface area contributed by atoms with Crippen LogP contribution in [0, 0.1) is 5.41 Å². The average molecular weight is 158 g/mol. The third-order valence-corrected chi connectivity index (χ3v) is 2.97. The zero-order valence-corrected chi connectivity index (χ0v) is 7.27. The van der Waals surface area contributed by atoms with Gasteiger partial charge in [0.05, 0.1) is 0 Å². The smallest absolute Gasteiger partial charge is 0.0169 e. The van der Waals surface area contributed by atoms with Crippen molar-refractivity contribution in [3.8, 4) is 0 Å². The Kier molecular flexibility index (Phi) is 1.48. The molecule has 0 saturated carbocycles. The van der Waals surface area contributed by atoms with Crippen molar-refractivity contribution in [1.82, 2.24) is 9.21 Å². The van der Waals surface area contributed by atoms with Crippen LogP contribution in [0.4, 0.5) is 0 Å². The summed E-state index contributed by atoms with van der Waals surface area (Å²) in [6.07, 6.45) is 1.35. The van der Waals surface area contributed by atoms with E-state index < -0.39 is 0 Å². The molecule has 1 spiro atoms. The Morgan fingerprint density at radius 3 is 2.40 bits per heavy atom. The van der Waals surface area contributed by atoms with Crippen LogP contribution in [-0.2, 0) is 0 Å². The Hall–Kier alpha value is 0.270. The second-order valence-corrected chi connectivity index (χ2v) is 4.38. The minimum absolute atomic E-state index is 0.635. The highest BCUT2D eigenvalue weighted by molar-refractivity contribution is 7.77. The Morgan fingerprint density at radius 2 is 2.00 bits per heavy atom. The van der Waals surface area contributed by atoms with Gasteiger partial charge in [-0.25, -0.2) is 0 Å². The molecule has 10 heavy (non-hydrogen) atoms. The van der Waals surface area contributed by atoms with E-state index in [-0.39, 0.29) is 0 Å². The first-order chi connectivity index (χ1) is 4.70. The largest absolute Gasteiger partial charge is 0.305 e. The van der Waals surface area contributed by atoms with E-state index >= 15 is 0 Å². The van der Waals surface area contributed by atoms with Crippen molar-refractivity contribution >= 4 is 12.8 Å². The molecule has 0 aromatic carbocycles. The van der Waals surface area contributed by atoms with Crippen LogP contribution in [-0.4, -0.2) is 42.4 Å². The lowest BCUT2D eigenvalue weighted by Crippen LogP contribution is -2.55. The number of hydrogen-bond donors (Lipinski definition) is 1. The van der Waals surface area contributed by atoms with E-state index in [4.69, 9.17) is 0 Å². The second kappa shape index (κ2) is 2.13. The molecule has 3 heteroatoms. The first kappa shape index (κ1) is 6.95. The van der Waals surface area contributed by atoms with Crippen molar-refractivity contribution in [3.63, 3.8) is 0 Å². The summed E-state index contributed by atoms with van der Waals surface area (Å²) in [6, 6.07) is 0. The van der Waals surface area contributed by atoms with Gasteiger partial charge < -0.3 is 4.90 Å². The van der Waals surface area contributed by atoms with Crippen molar-refractivity contribution in [3.05, 3.63) is 0 Å². The third kappa shape index (κ3) is 0.966. The number of nitrogens with zero attached hydrogens (tertiary/aromatic N) is 2. The maximum atomic E-state index is 4.34. The topological polar surface area (TPSA) is 6.48 Å². The van der Waals surface area contributed by atoms with Crippen LogP contribution in [0.1, 0.15) is 6.42 Å². The fraction of sp³-hybridized carbons (Fsp3) is 1.00. The van der Waals surface area contributed by atoms with Crippen LogP contribution >= 0.6 is 12.8 Å². The fourth-order valence-electron chi connectivity index (χ4n) is 2.27. The lowest BCUT2D eigenvalue weighted by Gasteiger charge is -2.45. The minimum atomic E-state index is 0.635. The molecule has 0 atom stereocenters. The Labute approximate surface area is 67.7 Å². The summed E-state index contributed by atoms with van der Waals surface area (Å²) in [6.45, 7) is 4.94. The molecule has 0 aromatic rings. The van der Waals surface area contributed by atoms with Gasteiger partial charge in [-0.3, -0.25) is 4.31 Å². The molecule has 0 aromatic heterocycles. The predicted octanol–water partition coefficient (Wildman–Crippen LogP) is 0.469. The number of thiol groups is 1. The molecule has 0 radical (unpaired) electrons. The summed E-state index contributed by atoms with van der Waals surface area (Å²) in [5, 5.41) is 0. The molecular formula is C7H14N2S. The van der Waals surface area contributed by atoms with Crippen LogP contribution in [0.15, 0.2) is 0 Å². The number of likely N-dealkylation sites (tertiary alicyclic amines) is 1. The van der Waals surface area contributed by atoms with Gasteiger partial charge in [-0.1, -0.05) is 12.8 Å². The number of hydrogen-bond acceptors (Lipinski definition) is 3. The fourth-order valence-corrected chi connectivity index (χ4v) is 2.67. The highest BCUT2D eigenvalue weighted by Crippen LogP contribution is 2.38. The van der Waals surface area contributed by atoms with Crippen LogP contribution in [0.5, 0.6) is 0 Å². The van der Waals surface area contributed by atoms with Crippen LogP contribution in [0.2, 0.25) is 0 Å². The summed E-state index contributed by atoms with van der Waals surface area (Å²) >= 11 is 4.34. The molecule has 2 nitrogen and oxygen atoms in total. The van der Waals surface area contributed by atoms with Gasteiger partial charge in [-0.15, -0.1) is 0 Å². The van der Waals surface area contributed by atoms with Gasteiger partial charge in [-0.2, -0.15) is 0 Å². The SMILES string of the molecule is CN1CC2(CCN(S)C2)C1. The summed E-state index contributed by atoms with van der Waals surface area (Å²) < 4.78 is 2.15. The summed E-state index contributed by atoms with van der Waals surface area (Å²) in [4.78, 5) is 2.38. The van der Waals surface area contributed by atoms with Crippen LogP contribution in [0.3, 0.4) is 0 Å². The molecule has 2 saturated heterocycles. The maximum absolute atomic E-state index is 4.34. The van der Waals surface area contributed by atoms with Crippen molar-refractivity contribution in [1.29, 1.82) is 0 Å². The van der Waals surface area contributed by atoms with Gasteiger partial charge in [-0.05, 0) is 13.5 Å². The Morgan fingerprint density at radius 1 is 1.30 bits per heavy atom. The quantitative estimate of drug-likeness (QED) is 0.512. The van der Waals surface area contributed by atoms with Gasteiger partial charge in [0.25, 0.3) is 0 Å². The summed E-state index contributed by atoms with van der Waals surface area (Å²) in [5.41, 5.74) is 0.635. The van der Waals surface area contributed by atoms with Crippen LogP contribution in [0.25, 0.3) is 0 Å². The standard InChI is InChI=1S/C7H14N2S/c1-8-4-7(5-8)2-3-9(10)6-7/h10H,2-6H2,1H3. The molecular weight excluding hydrogens is 144 g/mol. The predicted molar refractivity (Wildman–Crippen MR) is 45.1 cm³/mol. The molecule has 0 unspecified atom stereocenters. The molecule has 0 N–H and O–H groups in total. The molecule has 58 valence electrons. The minimum Gasteiger partial charge on any atom is -0.305 e. The van der Waals surface area contributed by atoms with Crippen molar-refractivity contribution in [2.45, 2.75) is 6.42 Å². The molecule has 2 fully saturated rings. The van der Waals surface area contributed by atoms with Gasteiger partial charge in [0.15, 0.2) is 0 Å². The molecule has 2 aliphatic heterocycles. The molecule has 0 aliphatic carbocycles. The maximum Gasteiger partial charge on any atom is 0.0169 e. The average Bonchev–Trinajstić information content (AvgIpc) is 2.10. The highest BCUT2D eigenvalue weighted by Gasteiger charge is 2.45.